The van der Waals surface area contributed by atoms with E-state index in [0.29, 0.717) is 22.9 Å². The zero-order chi connectivity index (χ0) is 20.4. The quantitative estimate of drug-likeness (QED) is 0.386. The fourth-order valence-electron chi connectivity index (χ4n) is 3.01. The van der Waals surface area contributed by atoms with Gasteiger partial charge in [-0.15, -0.1) is 11.3 Å². The number of phenols is 1. The predicted molar refractivity (Wildman–Crippen MR) is 110 cm³/mol. The maximum Gasteiger partial charge on any atom is 0.358 e. The molecule has 0 unspecified atom stereocenters. The molecule has 146 valence electrons. The Morgan fingerprint density at radius 3 is 2.72 bits per heavy atom. The van der Waals surface area contributed by atoms with E-state index in [4.69, 9.17) is 9.15 Å². The normalized spacial score (nSPS) is 10.9. The second-order valence-corrected chi connectivity index (χ2v) is 7.26. The third-order valence-corrected chi connectivity index (χ3v) is 5.39. The molecular formula is C22H17NO5S. The molecule has 0 aliphatic carbocycles. The number of ether oxygens (including phenoxy) is 1. The number of hydrogen-bond acceptors (Lipinski definition) is 7. The number of thiazole rings is 1. The van der Waals surface area contributed by atoms with Crippen molar-refractivity contribution < 1.29 is 19.1 Å². The van der Waals surface area contributed by atoms with Gasteiger partial charge >= 0.3 is 11.6 Å². The van der Waals surface area contributed by atoms with E-state index in [9.17, 15) is 14.7 Å². The molecule has 0 saturated heterocycles. The monoisotopic (exact) mass is 407 g/mol. The number of carbonyl (C=O) groups is 1. The Labute approximate surface area is 170 Å². The average molecular weight is 407 g/mol. The summed E-state index contributed by atoms with van der Waals surface area (Å²) in [6.07, 6.45) is 0.612. The summed E-state index contributed by atoms with van der Waals surface area (Å²) < 4.78 is 10.6. The van der Waals surface area contributed by atoms with Gasteiger partial charge in [0.25, 0.3) is 0 Å². The van der Waals surface area contributed by atoms with Gasteiger partial charge in [0.05, 0.1) is 0 Å². The minimum atomic E-state index is -0.577. The smallest absolute Gasteiger partial charge is 0.358 e. The van der Waals surface area contributed by atoms with Crippen LogP contribution in [0.15, 0.2) is 63.1 Å². The minimum absolute atomic E-state index is 0.0632. The number of nitrogens with zero attached hydrogens (tertiary/aromatic N) is 1. The molecule has 0 amide bonds. The van der Waals surface area contributed by atoms with Crippen molar-refractivity contribution >= 4 is 28.3 Å². The maximum absolute atomic E-state index is 12.4. The molecule has 0 fully saturated rings. The van der Waals surface area contributed by atoms with Crippen molar-refractivity contribution in [3.05, 3.63) is 81.2 Å². The Morgan fingerprint density at radius 1 is 1.17 bits per heavy atom. The predicted octanol–water partition coefficient (Wildman–Crippen LogP) is 4.54. The lowest BCUT2D eigenvalue weighted by Crippen LogP contribution is -2.08. The molecule has 1 N–H and O–H groups in total. The number of phenolic OH excluding ortho intramolecular Hbond substituents is 1. The summed E-state index contributed by atoms with van der Waals surface area (Å²) in [6.45, 7) is 1.80. The van der Waals surface area contributed by atoms with E-state index < -0.39 is 11.6 Å². The van der Waals surface area contributed by atoms with Crippen LogP contribution in [-0.4, -0.2) is 16.1 Å². The zero-order valence-electron chi connectivity index (χ0n) is 15.5. The van der Waals surface area contributed by atoms with Crippen molar-refractivity contribution in [1.29, 1.82) is 0 Å². The Balaban J connectivity index is 1.57. The summed E-state index contributed by atoms with van der Waals surface area (Å²) in [6, 6.07) is 14.0. The van der Waals surface area contributed by atoms with Crippen LogP contribution in [0.3, 0.4) is 0 Å². The number of aromatic nitrogens is 1. The van der Waals surface area contributed by atoms with Crippen LogP contribution in [0.5, 0.6) is 5.75 Å². The molecule has 0 saturated carbocycles. The van der Waals surface area contributed by atoms with E-state index in [1.165, 1.54) is 23.5 Å². The first-order valence-corrected chi connectivity index (χ1v) is 9.90. The van der Waals surface area contributed by atoms with Gasteiger partial charge in [-0.3, -0.25) is 0 Å². The molecule has 6 nitrogen and oxygen atoms in total. The summed E-state index contributed by atoms with van der Waals surface area (Å²) in [7, 11) is 0. The largest absolute Gasteiger partial charge is 0.508 e. The van der Waals surface area contributed by atoms with Crippen molar-refractivity contribution in [1.82, 2.24) is 4.98 Å². The second-order valence-electron chi connectivity index (χ2n) is 6.40. The first kappa shape index (κ1) is 18.9. The molecular weight excluding hydrogens is 390 g/mol. The number of aryl methyl sites for hydroxylation is 1. The van der Waals surface area contributed by atoms with Gasteiger partial charge in [-0.1, -0.05) is 37.3 Å². The van der Waals surface area contributed by atoms with Crippen LogP contribution in [0.1, 0.15) is 28.5 Å². The molecule has 4 rings (SSSR count). The lowest BCUT2D eigenvalue weighted by molar-refractivity contribution is 0.0468. The van der Waals surface area contributed by atoms with Gasteiger partial charge in [0, 0.05) is 34.0 Å². The fraction of sp³-hybridized carbons (Fsp3) is 0.136. The number of rotatable bonds is 5. The Morgan fingerprint density at radius 2 is 1.97 bits per heavy atom. The molecule has 7 heteroatoms. The van der Waals surface area contributed by atoms with Crippen LogP contribution in [0.2, 0.25) is 0 Å². The lowest BCUT2D eigenvalue weighted by atomic mass is 10.0. The molecule has 0 aliphatic heterocycles. The highest BCUT2D eigenvalue weighted by molar-refractivity contribution is 7.13. The average Bonchev–Trinajstić information content (AvgIpc) is 3.22. The minimum Gasteiger partial charge on any atom is -0.508 e. The standard InChI is InChI=1S/C22H17NO5S/c1-2-13-8-16-15(9-20(25)28-19(16)10-18(13)24)11-27-22(26)17-12-29-21(23-17)14-6-4-3-5-7-14/h3-10,12,24H,2,11H2,1H3. The molecule has 2 aromatic carbocycles. The van der Waals surface area contributed by atoms with Crippen LogP contribution < -0.4 is 5.63 Å². The van der Waals surface area contributed by atoms with Crippen LogP contribution in [0.4, 0.5) is 0 Å². The first-order chi connectivity index (χ1) is 14.0. The molecule has 0 atom stereocenters. The fourth-order valence-corrected chi connectivity index (χ4v) is 3.80. The van der Waals surface area contributed by atoms with Crippen molar-refractivity contribution in [3.63, 3.8) is 0 Å². The van der Waals surface area contributed by atoms with Gasteiger partial charge in [-0.05, 0) is 18.1 Å². The number of fused-ring (bicyclic) bond motifs is 1. The van der Waals surface area contributed by atoms with Gasteiger partial charge in [0.2, 0.25) is 0 Å². The Kier molecular flexibility index (Phi) is 5.14. The number of esters is 1. The number of aromatic hydroxyl groups is 1. The zero-order valence-corrected chi connectivity index (χ0v) is 16.4. The van der Waals surface area contributed by atoms with E-state index in [-0.39, 0.29) is 23.6 Å². The van der Waals surface area contributed by atoms with Crippen LogP contribution in [0, 0.1) is 0 Å². The number of hydrogen-bond donors (Lipinski definition) is 1. The highest BCUT2D eigenvalue weighted by atomic mass is 32.1. The molecule has 2 heterocycles. The summed E-state index contributed by atoms with van der Waals surface area (Å²) in [4.78, 5) is 28.6. The number of carbonyl (C=O) groups excluding carboxylic acids is 1. The summed E-state index contributed by atoms with van der Waals surface area (Å²) in [5, 5.41) is 13.0. The highest BCUT2D eigenvalue weighted by Gasteiger charge is 2.16. The van der Waals surface area contributed by atoms with E-state index in [1.54, 1.807) is 11.4 Å². The highest BCUT2D eigenvalue weighted by Crippen LogP contribution is 2.28. The van der Waals surface area contributed by atoms with E-state index in [0.717, 1.165) is 10.6 Å². The molecule has 29 heavy (non-hydrogen) atoms. The van der Waals surface area contributed by atoms with Crippen molar-refractivity contribution in [3.8, 4) is 16.3 Å². The molecule has 0 aliphatic rings. The van der Waals surface area contributed by atoms with Crippen LogP contribution in [-0.2, 0) is 17.8 Å². The summed E-state index contributed by atoms with van der Waals surface area (Å²) in [5.41, 5.74) is 2.04. The first-order valence-electron chi connectivity index (χ1n) is 9.02. The third-order valence-electron chi connectivity index (χ3n) is 4.50. The molecule has 2 aromatic heterocycles. The topological polar surface area (TPSA) is 89.6 Å². The maximum atomic E-state index is 12.4. The summed E-state index contributed by atoms with van der Waals surface area (Å²) >= 11 is 1.36. The Hall–Kier alpha value is -3.45. The lowest BCUT2D eigenvalue weighted by Gasteiger charge is -2.09. The van der Waals surface area contributed by atoms with Gasteiger partial charge in [0.15, 0.2) is 5.69 Å². The van der Waals surface area contributed by atoms with Gasteiger partial charge in [-0.25, -0.2) is 14.6 Å². The second kappa shape index (κ2) is 7.89. The molecule has 4 aromatic rings. The van der Waals surface area contributed by atoms with Gasteiger partial charge < -0.3 is 14.3 Å². The van der Waals surface area contributed by atoms with E-state index >= 15 is 0 Å². The van der Waals surface area contributed by atoms with Crippen LogP contribution in [0.25, 0.3) is 21.5 Å². The molecule has 0 radical (unpaired) electrons. The third kappa shape index (κ3) is 3.90. The summed E-state index contributed by atoms with van der Waals surface area (Å²) in [5.74, 6) is -0.507. The van der Waals surface area contributed by atoms with E-state index in [2.05, 4.69) is 4.98 Å². The van der Waals surface area contributed by atoms with Crippen molar-refractivity contribution in [2.45, 2.75) is 20.0 Å². The number of benzene rings is 2. The molecule has 0 bridgehead atoms. The van der Waals surface area contributed by atoms with Gasteiger partial charge in [0.1, 0.15) is 22.9 Å². The van der Waals surface area contributed by atoms with E-state index in [1.807, 2.05) is 37.3 Å². The van der Waals surface area contributed by atoms with Crippen molar-refractivity contribution in [2.75, 3.05) is 0 Å². The van der Waals surface area contributed by atoms with Crippen LogP contribution >= 0.6 is 11.3 Å². The van der Waals surface area contributed by atoms with Gasteiger partial charge in [-0.2, -0.15) is 0 Å². The molecule has 0 spiro atoms. The van der Waals surface area contributed by atoms with Crippen molar-refractivity contribution in [2.24, 2.45) is 0 Å². The SMILES string of the molecule is CCc1cc2c(COC(=O)c3csc(-c4ccccc4)n3)cc(=O)oc2cc1O. The Bertz CT molecular complexity index is 1240.